The monoisotopic (exact) mass is 406 g/mol. The van der Waals surface area contributed by atoms with Gasteiger partial charge < -0.3 is 4.98 Å². The van der Waals surface area contributed by atoms with E-state index in [-0.39, 0.29) is 11.6 Å². The number of aromatic nitrogens is 5. The molecule has 7 nitrogen and oxygen atoms in total. The molecule has 158 valence electrons. The van der Waals surface area contributed by atoms with Crippen LogP contribution in [0.3, 0.4) is 0 Å². The van der Waals surface area contributed by atoms with Gasteiger partial charge in [0.05, 0.1) is 6.04 Å². The standard InChI is InChI=1S/C23H30N6O/c1-15-12-16(2)18-14-19(23(30)24-20(18)13-15)21(28-10-6-7-11-28)22-25-26-27-29(22)17-8-4-3-5-9-17/h12-14,17,21H,3-11H2,1-2H3,(H,24,30)/t21-/m1/s1. The van der Waals surface area contributed by atoms with E-state index in [1.165, 1.54) is 24.8 Å². The minimum atomic E-state index is -0.210. The Morgan fingerprint density at radius 2 is 1.80 bits per heavy atom. The zero-order chi connectivity index (χ0) is 20.7. The average molecular weight is 407 g/mol. The van der Waals surface area contributed by atoms with E-state index in [1.807, 2.05) is 10.7 Å². The fourth-order valence-electron chi connectivity index (χ4n) is 5.36. The van der Waals surface area contributed by atoms with E-state index in [0.717, 1.165) is 66.6 Å². The highest BCUT2D eigenvalue weighted by Crippen LogP contribution is 2.34. The summed E-state index contributed by atoms with van der Waals surface area (Å²) < 4.78 is 2.02. The maximum absolute atomic E-state index is 13.3. The van der Waals surface area contributed by atoms with Crippen LogP contribution in [0.1, 0.15) is 79.5 Å². The van der Waals surface area contributed by atoms with E-state index in [1.54, 1.807) is 0 Å². The first-order valence-corrected chi connectivity index (χ1v) is 11.3. The SMILES string of the molecule is Cc1cc(C)c2cc([C@H](c3nnnn3C3CCCCC3)N3CCCC3)c(=O)[nH]c2c1. The molecule has 0 radical (unpaired) electrons. The molecule has 1 aromatic carbocycles. The second-order valence-electron chi connectivity index (χ2n) is 9.02. The first-order chi connectivity index (χ1) is 14.6. The van der Waals surface area contributed by atoms with Gasteiger partial charge >= 0.3 is 0 Å². The van der Waals surface area contributed by atoms with Crippen molar-refractivity contribution in [2.75, 3.05) is 13.1 Å². The quantitative estimate of drug-likeness (QED) is 0.712. The van der Waals surface area contributed by atoms with Crippen LogP contribution in [0.5, 0.6) is 0 Å². The molecular weight excluding hydrogens is 376 g/mol. The maximum atomic E-state index is 13.3. The molecule has 2 aromatic heterocycles. The van der Waals surface area contributed by atoms with Crippen molar-refractivity contribution < 1.29 is 0 Å². The Labute approximate surface area is 176 Å². The lowest BCUT2D eigenvalue weighted by atomic mass is 9.95. The molecule has 0 spiro atoms. The van der Waals surface area contributed by atoms with Crippen molar-refractivity contribution in [1.82, 2.24) is 30.1 Å². The molecular formula is C23H30N6O. The topological polar surface area (TPSA) is 79.7 Å². The number of H-pyrrole nitrogens is 1. The molecule has 0 unspecified atom stereocenters. The molecule has 2 fully saturated rings. The Hall–Kier alpha value is -2.54. The number of nitrogens with one attached hydrogen (secondary N) is 1. The minimum absolute atomic E-state index is 0.0393. The summed E-state index contributed by atoms with van der Waals surface area (Å²) in [4.78, 5) is 18.8. The average Bonchev–Trinajstić information content (AvgIpc) is 3.42. The summed E-state index contributed by atoms with van der Waals surface area (Å²) in [7, 11) is 0. The van der Waals surface area contributed by atoms with Gasteiger partial charge in [-0.3, -0.25) is 9.69 Å². The van der Waals surface area contributed by atoms with E-state index in [0.29, 0.717) is 6.04 Å². The third kappa shape index (κ3) is 3.45. The van der Waals surface area contributed by atoms with Crippen LogP contribution in [-0.4, -0.2) is 43.2 Å². The van der Waals surface area contributed by atoms with E-state index >= 15 is 0 Å². The van der Waals surface area contributed by atoms with E-state index in [4.69, 9.17) is 0 Å². The minimum Gasteiger partial charge on any atom is -0.322 e. The summed E-state index contributed by atoms with van der Waals surface area (Å²) >= 11 is 0. The van der Waals surface area contributed by atoms with Gasteiger partial charge in [-0.05, 0) is 86.3 Å². The van der Waals surface area contributed by atoms with E-state index in [9.17, 15) is 4.79 Å². The van der Waals surface area contributed by atoms with Crippen LogP contribution in [0.15, 0.2) is 23.0 Å². The summed E-state index contributed by atoms with van der Waals surface area (Å²) in [5, 5.41) is 14.0. The largest absolute Gasteiger partial charge is 0.322 e. The Bertz CT molecular complexity index is 1100. The number of likely N-dealkylation sites (tertiary alicyclic amines) is 1. The summed E-state index contributed by atoms with van der Waals surface area (Å²) in [6, 6.07) is 6.41. The van der Waals surface area contributed by atoms with Crippen molar-refractivity contribution in [2.24, 2.45) is 0 Å². The molecule has 1 atom stereocenters. The smallest absolute Gasteiger partial charge is 0.253 e. The lowest BCUT2D eigenvalue weighted by Gasteiger charge is -2.29. The van der Waals surface area contributed by atoms with Gasteiger partial charge in [-0.2, -0.15) is 0 Å². The molecule has 0 bridgehead atoms. The molecule has 30 heavy (non-hydrogen) atoms. The van der Waals surface area contributed by atoms with Crippen LogP contribution in [0.2, 0.25) is 0 Å². The molecule has 1 aliphatic carbocycles. The van der Waals surface area contributed by atoms with Crippen LogP contribution in [-0.2, 0) is 0 Å². The van der Waals surface area contributed by atoms with Gasteiger partial charge in [0.15, 0.2) is 5.82 Å². The predicted molar refractivity (Wildman–Crippen MR) is 117 cm³/mol. The van der Waals surface area contributed by atoms with Gasteiger partial charge in [0.2, 0.25) is 0 Å². The molecule has 0 amide bonds. The Kier molecular flexibility index (Phi) is 5.15. The number of pyridine rings is 1. The second kappa shape index (κ2) is 7.95. The Balaban J connectivity index is 1.66. The number of rotatable bonds is 4. The van der Waals surface area contributed by atoms with Crippen molar-refractivity contribution in [3.8, 4) is 0 Å². The number of aromatic amines is 1. The molecule has 5 rings (SSSR count). The van der Waals surface area contributed by atoms with Gasteiger partial charge in [0.25, 0.3) is 5.56 Å². The zero-order valence-electron chi connectivity index (χ0n) is 17.9. The highest BCUT2D eigenvalue weighted by Gasteiger charge is 2.34. The Morgan fingerprint density at radius 3 is 2.57 bits per heavy atom. The van der Waals surface area contributed by atoms with Crippen LogP contribution < -0.4 is 5.56 Å². The van der Waals surface area contributed by atoms with Crippen LogP contribution in [0, 0.1) is 13.8 Å². The van der Waals surface area contributed by atoms with Crippen molar-refractivity contribution in [1.29, 1.82) is 0 Å². The molecule has 1 saturated carbocycles. The highest BCUT2D eigenvalue weighted by molar-refractivity contribution is 5.83. The zero-order valence-corrected chi connectivity index (χ0v) is 17.9. The lowest BCUT2D eigenvalue weighted by Crippen LogP contribution is -2.34. The Morgan fingerprint density at radius 1 is 1.03 bits per heavy atom. The van der Waals surface area contributed by atoms with E-state index < -0.39 is 0 Å². The van der Waals surface area contributed by atoms with Gasteiger partial charge in [0.1, 0.15) is 6.04 Å². The van der Waals surface area contributed by atoms with Crippen molar-refractivity contribution in [2.45, 2.75) is 70.9 Å². The molecule has 3 aromatic rings. The highest BCUT2D eigenvalue weighted by atomic mass is 16.1. The van der Waals surface area contributed by atoms with Gasteiger partial charge in [-0.25, -0.2) is 4.68 Å². The van der Waals surface area contributed by atoms with Crippen molar-refractivity contribution in [3.63, 3.8) is 0 Å². The van der Waals surface area contributed by atoms with Gasteiger partial charge in [-0.15, -0.1) is 5.10 Å². The predicted octanol–water partition coefficient (Wildman–Crippen LogP) is 3.82. The van der Waals surface area contributed by atoms with Gasteiger partial charge in [-0.1, -0.05) is 25.3 Å². The summed E-state index contributed by atoms with van der Waals surface area (Å²) in [6.07, 6.45) is 8.22. The molecule has 1 N–H and O–H groups in total. The number of nitrogens with zero attached hydrogens (tertiary/aromatic N) is 5. The van der Waals surface area contributed by atoms with E-state index in [2.05, 4.69) is 51.4 Å². The number of benzene rings is 1. The fourth-order valence-corrected chi connectivity index (χ4v) is 5.36. The number of aryl methyl sites for hydroxylation is 2. The number of tetrazole rings is 1. The van der Waals surface area contributed by atoms with Crippen molar-refractivity contribution >= 4 is 10.9 Å². The molecule has 1 saturated heterocycles. The number of fused-ring (bicyclic) bond motifs is 1. The molecule has 3 heterocycles. The van der Waals surface area contributed by atoms with Crippen LogP contribution >= 0.6 is 0 Å². The van der Waals surface area contributed by atoms with Crippen LogP contribution in [0.4, 0.5) is 0 Å². The number of hydrogen-bond donors (Lipinski definition) is 1. The van der Waals surface area contributed by atoms with Crippen molar-refractivity contribution in [3.05, 3.63) is 51.1 Å². The molecule has 7 heteroatoms. The summed E-state index contributed by atoms with van der Waals surface area (Å²) in [5.74, 6) is 0.818. The van der Waals surface area contributed by atoms with Crippen LogP contribution in [0.25, 0.3) is 10.9 Å². The first-order valence-electron chi connectivity index (χ1n) is 11.3. The third-order valence-corrected chi connectivity index (χ3v) is 6.83. The molecule has 2 aliphatic rings. The molecule has 1 aliphatic heterocycles. The summed E-state index contributed by atoms with van der Waals surface area (Å²) in [5.41, 5.74) is 3.94. The lowest BCUT2D eigenvalue weighted by molar-refractivity contribution is 0.243. The maximum Gasteiger partial charge on any atom is 0.253 e. The second-order valence-corrected chi connectivity index (χ2v) is 9.02. The van der Waals surface area contributed by atoms with Gasteiger partial charge in [0, 0.05) is 16.5 Å². The first kappa shape index (κ1) is 19.4. The summed E-state index contributed by atoms with van der Waals surface area (Å²) in [6.45, 7) is 6.09. The fraction of sp³-hybridized carbons (Fsp3) is 0.565. The third-order valence-electron chi connectivity index (χ3n) is 6.83. The normalized spacial score (nSPS) is 19.5. The number of hydrogen-bond acceptors (Lipinski definition) is 5.